The molecular formula is C31H26F3N5O4. The Morgan fingerprint density at radius 2 is 1.63 bits per heavy atom. The largest absolute Gasteiger partial charge is 0.573 e. The van der Waals surface area contributed by atoms with Crippen LogP contribution in [-0.2, 0) is 24.3 Å². The maximum atomic E-state index is 13.7. The molecule has 0 spiro atoms. The predicted molar refractivity (Wildman–Crippen MR) is 152 cm³/mol. The highest BCUT2D eigenvalue weighted by Crippen LogP contribution is 2.24. The molecule has 43 heavy (non-hydrogen) atoms. The van der Waals surface area contributed by atoms with E-state index >= 15 is 0 Å². The third-order valence-electron chi connectivity index (χ3n) is 6.41. The van der Waals surface area contributed by atoms with Gasteiger partial charge in [-0.05, 0) is 72.6 Å². The molecule has 9 nitrogen and oxygen atoms in total. The summed E-state index contributed by atoms with van der Waals surface area (Å²) >= 11 is 0. The lowest BCUT2D eigenvalue weighted by atomic mass is 10.1. The molecule has 220 valence electrons. The zero-order valence-electron chi connectivity index (χ0n) is 23.0. The van der Waals surface area contributed by atoms with Crippen molar-refractivity contribution in [3.05, 3.63) is 119 Å². The number of amides is 1. The number of halogens is 3. The second-order valence-electron chi connectivity index (χ2n) is 9.45. The lowest BCUT2D eigenvalue weighted by Gasteiger charge is -2.24. The van der Waals surface area contributed by atoms with Crippen molar-refractivity contribution < 1.29 is 27.4 Å². The number of hydrogen-bond donors (Lipinski definition) is 0. The van der Waals surface area contributed by atoms with Gasteiger partial charge in [0, 0.05) is 25.1 Å². The van der Waals surface area contributed by atoms with E-state index in [-0.39, 0.29) is 48.2 Å². The van der Waals surface area contributed by atoms with Gasteiger partial charge in [0.1, 0.15) is 17.3 Å². The molecule has 0 radical (unpaired) electrons. The number of aromatic nitrogens is 4. The van der Waals surface area contributed by atoms with Gasteiger partial charge in [-0.2, -0.15) is 0 Å². The number of carbonyl (C=O) groups excluding carboxylic acids is 1. The van der Waals surface area contributed by atoms with Gasteiger partial charge in [0.2, 0.25) is 5.91 Å². The highest BCUT2D eigenvalue weighted by atomic mass is 19.4. The molecule has 0 N–H and O–H groups in total. The van der Waals surface area contributed by atoms with Gasteiger partial charge >= 0.3 is 6.36 Å². The van der Waals surface area contributed by atoms with Crippen LogP contribution in [0.3, 0.4) is 0 Å². The summed E-state index contributed by atoms with van der Waals surface area (Å²) in [6.45, 7) is 2.42. The van der Waals surface area contributed by atoms with Crippen molar-refractivity contribution in [3.63, 3.8) is 0 Å². The molecule has 0 bridgehead atoms. The van der Waals surface area contributed by atoms with Crippen LogP contribution < -0.4 is 15.0 Å². The second-order valence-corrected chi connectivity index (χ2v) is 9.45. The molecule has 1 amide bonds. The summed E-state index contributed by atoms with van der Waals surface area (Å²) < 4.78 is 48.6. The molecule has 0 saturated heterocycles. The van der Waals surface area contributed by atoms with E-state index in [1.807, 2.05) is 13.0 Å². The fourth-order valence-electron chi connectivity index (χ4n) is 4.50. The molecule has 0 aliphatic carbocycles. The lowest BCUT2D eigenvalue weighted by molar-refractivity contribution is -0.274. The van der Waals surface area contributed by atoms with Crippen molar-refractivity contribution in [1.82, 2.24) is 24.4 Å². The Balaban J connectivity index is 1.51. The van der Waals surface area contributed by atoms with E-state index in [0.717, 1.165) is 17.7 Å². The molecule has 3 heterocycles. The Morgan fingerprint density at radius 1 is 0.907 bits per heavy atom. The van der Waals surface area contributed by atoms with Crippen molar-refractivity contribution >= 4 is 16.9 Å². The quantitative estimate of drug-likeness (QED) is 0.220. The number of alkyl halides is 3. The summed E-state index contributed by atoms with van der Waals surface area (Å²) in [5, 5.41) is 0.312. The predicted octanol–water partition coefficient (Wildman–Crippen LogP) is 5.24. The van der Waals surface area contributed by atoms with Crippen LogP contribution in [0.4, 0.5) is 13.2 Å². The highest BCUT2D eigenvalue weighted by Gasteiger charge is 2.31. The van der Waals surface area contributed by atoms with Crippen LogP contribution in [0.1, 0.15) is 23.9 Å². The van der Waals surface area contributed by atoms with E-state index < -0.39 is 6.36 Å². The van der Waals surface area contributed by atoms with Crippen molar-refractivity contribution in [2.24, 2.45) is 0 Å². The third-order valence-corrected chi connectivity index (χ3v) is 6.41. The second kappa shape index (κ2) is 12.7. The average molecular weight is 590 g/mol. The van der Waals surface area contributed by atoms with Gasteiger partial charge in [0.05, 0.1) is 30.6 Å². The fourth-order valence-corrected chi connectivity index (χ4v) is 4.50. The Morgan fingerprint density at radius 3 is 2.30 bits per heavy atom. The van der Waals surface area contributed by atoms with Crippen LogP contribution >= 0.6 is 0 Å². The molecule has 3 aromatic heterocycles. The van der Waals surface area contributed by atoms with E-state index in [4.69, 9.17) is 4.74 Å². The number of benzene rings is 2. The number of fused-ring (bicyclic) bond motifs is 1. The third kappa shape index (κ3) is 7.34. The minimum absolute atomic E-state index is 0.0715. The average Bonchev–Trinajstić information content (AvgIpc) is 2.98. The zero-order chi connectivity index (χ0) is 30.4. The van der Waals surface area contributed by atoms with Crippen molar-refractivity contribution in [1.29, 1.82) is 0 Å². The number of hydrogen-bond acceptors (Lipinski definition) is 7. The van der Waals surface area contributed by atoms with Gasteiger partial charge in [-0.15, -0.1) is 13.2 Å². The first-order valence-electron chi connectivity index (χ1n) is 13.3. The van der Waals surface area contributed by atoms with E-state index in [1.54, 1.807) is 54.9 Å². The number of rotatable bonds is 10. The molecule has 5 rings (SSSR count). The summed E-state index contributed by atoms with van der Waals surface area (Å²) in [6.07, 6.45) is -0.173. The summed E-state index contributed by atoms with van der Waals surface area (Å²) in [7, 11) is 0. The maximum Gasteiger partial charge on any atom is 0.573 e. The highest BCUT2D eigenvalue weighted by molar-refractivity contribution is 5.79. The summed E-state index contributed by atoms with van der Waals surface area (Å²) in [6, 6.07) is 18.9. The van der Waals surface area contributed by atoms with Gasteiger partial charge in [-0.25, -0.2) is 9.97 Å². The molecule has 0 fully saturated rings. The molecule has 0 aliphatic rings. The fraction of sp³-hybridized carbons (Fsp3) is 0.194. The van der Waals surface area contributed by atoms with Crippen molar-refractivity contribution in [3.8, 4) is 17.2 Å². The Labute approximate surface area is 244 Å². The van der Waals surface area contributed by atoms with Crippen LogP contribution in [0.5, 0.6) is 11.5 Å². The van der Waals surface area contributed by atoms with E-state index in [1.165, 1.54) is 27.8 Å². The SMILES string of the molecule is CCOc1ccc(-n2c(CN(Cc3cccnc3)C(=O)Cc3ccc(OC(F)(F)F)cc3)nc3ncccc3c2=O)cc1. The van der Waals surface area contributed by atoms with Crippen LogP contribution in [0.25, 0.3) is 16.7 Å². The first-order valence-corrected chi connectivity index (χ1v) is 13.3. The van der Waals surface area contributed by atoms with Crippen molar-refractivity contribution in [2.45, 2.75) is 32.8 Å². The Kier molecular flexibility index (Phi) is 8.65. The molecule has 0 saturated carbocycles. The Hall–Kier alpha value is -5.26. The molecule has 0 unspecified atom stereocenters. The maximum absolute atomic E-state index is 13.7. The summed E-state index contributed by atoms with van der Waals surface area (Å²) in [5.74, 6) is 0.174. The van der Waals surface area contributed by atoms with Gasteiger partial charge in [-0.1, -0.05) is 18.2 Å². The molecule has 2 aromatic carbocycles. The normalized spacial score (nSPS) is 11.3. The monoisotopic (exact) mass is 589 g/mol. The molecule has 0 aliphatic heterocycles. The first kappa shape index (κ1) is 29.2. The summed E-state index contributed by atoms with van der Waals surface area (Å²) in [5.41, 5.74) is 1.62. The Bertz CT molecular complexity index is 1760. The zero-order valence-corrected chi connectivity index (χ0v) is 23.0. The van der Waals surface area contributed by atoms with Crippen molar-refractivity contribution in [2.75, 3.05) is 6.61 Å². The molecule has 0 atom stereocenters. The number of ether oxygens (including phenoxy) is 2. The van der Waals surface area contributed by atoms with Crippen LogP contribution in [0.15, 0.2) is 96.2 Å². The number of nitrogens with zero attached hydrogens (tertiary/aromatic N) is 5. The van der Waals surface area contributed by atoms with Crippen LogP contribution in [0, 0.1) is 0 Å². The lowest BCUT2D eigenvalue weighted by Crippen LogP contribution is -2.35. The molecular weight excluding hydrogens is 563 g/mol. The minimum Gasteiger partial charge on any atom is -0.494 e. The molecule has 12 heteroatoms. The van der Waals surface area contributed by atoms with Gasteiger partial charge in [0.15, 0.2) is 5.65 Å². The minimum atomic E-state index is -4.82. The van der Waals surface area contributed by atoms with E-state index in [9.17, 15) is 22.8 Å². The van der Waals surface area contributed by atoms with E-state index in [2.05, 4.69) is 19.7 Å². The summed E-state index contributed by atoms with van der Waals surface area (Å²) in [4.78, 5) is 42.0. The number of pyridine rings is 2. The van der Waals surface area contributed by atoms with Crippen LogP contribution in [0.2, 0.25) is 0 Å². The first-order chi connectivity index (χ1) is 20.7. The standard InChI is InChI=1S/C31H26F3N5O4/c1-2-42-24-13-9-23(10-14-24)39-27(37-29-26(30(39)41)6-4-16-36-29)20-38(19-22-5-3-15-35-18-22)28(40)17-21-7-11-25(12-8-21)43-31(32,33)34/h3-16,18H,2,17,19-20H2,1H3. The van der Waals surface area contributed by atoms with Crippen LogP contribution in [-0.4, -0.2) is 43.3 Å². The van der Waals surface area contributed by atoms with Gasteiger partial charge in [0.25, 0.3) is 5.56 Å². The topological polar surface area (TPSA) is 99.4 Å². The van der Waals surface area contributed by atoms with Gasteiger partial charge in [-0.3, -0.25) is 19.1 Å². The van der Waals surface area contributed by atoms with Gasteiger partial charge < -0.3 is 14.4 Å². The smallest absolute Gasteiger partial charge is 0.494 e. The number of carbonyl (C=O) groups is 1. The van der Waals surface area contributed by atoms with E-state index in [0.29, 0.717) is 29.0 Å². The molecule has 5 aromatic rings.